The number of benzene rings is 1. The predicted octanol–water partition coefficient (Wildman–Crippen LogP) is 3.12. The molecule has 1 saturated carbocycles. The van der Waals surface area contributed by atoms with Crippen molar-refractivity contribution in [2.24, 2.45) is 0 Å². The van der Waals surface area contributed by atoms with Crippen LogP contribution in [0.25, 0.3) is 15.2 Å². The third kappa shape index (κ3) is 5.44. The number of nitrogens with zero attached hydrogens (tertiary/aromatic N) is 5. The molecule has 1 aliphatic carbocycles. The number of ether oxygens (including phenoxy) is 2. The fourth-order valence-electron chi connectivity index (χ4n) is 6.34. The molecule has 13 heteroatoms. The van der Waals surface area contributed by atoms with Gasteiger partial charge in [0.05, 0.1) is 37.3 Å². The molecular weight excluding hydrogens is 577 g/mol. The molecule has 43 heavy (non-hydrogen) atoms. The summed E-state index contributed by atoms with van der Waals surface area (Å²) >= 11 is 1.27. The lowest BCUT2D eigenvalue weighted by Gasteiger charge is -2.31. The van der Waals surface area contributed by atoms with Crippen molar-refractivity contribution < 1.29 is 24.1 Å². The Kier molecular flexibility index (Phi) is 8.26. The van der Waals surface area contributed by atoms with Crippen LogP contribution in [0.5, 0.6) is 5.75 Å². The standard InChI is InChI=1S/C30H36FN5O6S/c1-17-25-27(39)36(22-11-14-33(2)26(22)38)30(40)34(29(25)43-28(17)35-13-4-12-32-35)16-24(42-20-8-6-19(37)7-9-20)21-15-18(31)5-10-23(21)41-3/h4-5,10,12-13,15,19-20,22,24,26,37-38H,6-9,11,14,16H2,1-3H3/t19-,20+,22-,24+,26?/m1/s1. The highest BCUT2D eigenvalue weighted by molar-refractivity contribution is 7.21. The lowest BCUT2D eigenvalue weighted by molar-refractivity contribution is -0.0566. The molecule has 2 fully saturated rings. The van der Waals surface area contributed by atoms with Crippen molar-refractivity contribution in [3.05, 3.63) is 74.4 Å². The maximum atomic E-state index is 14.7. The summed E-state index contributed by atoms with van der Waals surface area (Å²) in [7, 11) is 3.24. The van der Waals surface area contributed by atoms with Gasteiger partial charge in [0, 0.05) is 30.1 Å². The summed E-state index contributed by atoms with van der Waals surface area (Å²) in [6.45, 7) is 2.31. The van der Waals surface area contributed by atoms with Gasteiger partial charge in [0.1, 0.15) is 33.7 Å². The number of aromatic nitrogens is 4. The number of hydrogen-bond acceptors (Lipinski definition) is 9. The van der Waals surface area contributed by atoms with Crippen molar-refractivity contribution >= 4 is 21.6 Å². The monoisotopic (exact) mass is 613 g/mol. The van der Waals surface area contributed by atoms with E-state index in [1.165, 1.54) is 45.8 Å². The van der Waals surface area contributed by atoms with Crippen LogP contribution in [0.3, 0.4) is 0 Å². The van der Waals surface area contributed by atoms with Crippen molar-refractivity contribution in [3.8, 4) is 10.8 Å². The van der Waals surface area contributed by atoms with Gasteiger partial charge in [-0.15, -0.1) is 0 Å². The molecule has 6 rings (SSSR count). The van der Waals surface area contributed by atoms with E-state index in [2.05, 4.69) is 5.10 Å². The molecule has 0 amide bonds. The molecule has 0 radical (unpaired) electrons. The first-order chi connectivity index (χ1) is 20.7. The van der Waals surface area contributed by atoms with Crippen LogP contribution in [0, 0.1) is 12.7 Å². The zero-order valence-corrected chi connectivity index (χ0v) is 25.2. The topological polar surface area (TPSA) is 124 Å². The molecule has 0 spiro atoms. The molecule has 0 bridgehead atoms. The van der Waals surface area contributed by atoms with E-state index in [1.807, 2.05) is 6.92 Å². The largest absolute Gasteiger partial charge is 0.496 e. The summed E-state index contributed by atoms with van der Waals surface area (Å²) < 4.78 is 31.2. The van der Waals surface area contributed by atoms with Gasteiger partial charge in [-0.3, -0.25) is 18.8 Å². The second-order valence-electron chi connectivity index (χ2n) is 11.4. The first kappa shape index (κ1) is 29.7. The first-order valence-electron chi connectivity index (χ1n) is 14.5. The number of fused-ring (bicyclic) bond motifs is 1. The molecule has 2 aliphatic rings. The Labute approximate surface area is 251 Å². The smallest absolute Gasteiger partial charge is 0.332 e. The highest BCUT2D eigenvalue weighted by atomic mass is 32.1. The van der Waals surface area contributed by atoms with Crippen LogP contribution < -0.4 is 16.0 Å². The molecule has 4 aromatic rings. The van der Waals surface area contributed by atoms with E-state index in [1.54, 1.807) is 35.1 Å². The van der Waals surface area contributed by atoms with Crippen LogP contribution in [-0.2, 0) is 11.3 Å². The highest BCUT2D eigenvalue weighted by Crippen LogP contribution is 2.37. The van der Waals surface area contributed by atoms with Crippen LogP contribution >= 0.6 is 11.3 Å². The number of thiophene rings is 1. The van der Waals surface area contributed by atoms with E-state index >= 15 is 0 Å². The zero-order valence-electron chi connectivity index (χ0n) is 24.4. The summed E-state index contributed by atoms with van der Waals surface area (Å²) in [6, 6.07) is 5.22. The van der Waals surface area contributed by atoms with Crippen LogP contribution in [0.4, 0.5) is 4.39 Å². The Morgan fingerprint density at radius 2 is 1.93 bits per heavy atom. The third-order valence-corrected chi connectivity index (χ3v) is 10.0. The lowest BCUT2D eigenvalue weighted by atomic mass is 9.94. The second kappa shape index (κ2) is 12.0. The minimum Gasteiger partial charge on any atom is -0.496 e. The molecule has 1 unspecified atom stereocenters. The summed E-state index contributed by atoms with van der Waals surface area (Å²) in [5.41, 5.74) is 0.0599. The Morgan fingerprint density at radius 1 is 1.16 bits per heavy atom. The average Bonchev–Trinajstić information content (AvgIpc) is 3.72. The number of rotatable bonds is 8. The van der Waals surface area contributed by atoms with Gasteiger partial charge in [-0.05, 0) is 70.3 Å². The number of aryl methyl sites for hydroxylation is 1. The SMILES string of the molecule is COc1ccc(F)cc1[C@H](Cn1c(=O)n([C@@H]2CCN(C)C2O)c(=O)c2c(C)c(-n3cccn3)sc21)O[C@H]1CC[C@@H](O)CC1. The molecule has 3 atom stereocenters. The van der Waals surface area contributed by atoms with Crippen molar-refractivity contribution in [3.63, 3.8) is 0 Å². The minimum absolute atomic E-state index is 0.0361. The van der Waals surface area contributed by atoms with E-state index in [0.717, 1.165) is 0 Å². The fraction of sp³-hybridized carbons (Fsp3) is 0.500. The summed E-state index contributed by atoms with van der Waals surface area (Å²) in [4.78, 5) is 30.6. The quantitative estimate of drug-likeness (QED) is 0.311. The van der Waals surface area contributed by atoms with Gasteiger partial charge in [-0.25, -0.2) is 13.9 Å². The number of methoxy groups -OCH3 is 1. The minimum atomic E-state index is -1.01. The van der Waals surface area contributed by atoms with Crippen LogP contribution in [0.2, 0.25) is 0 Å². The van der Waals surface area contributed by atoms with Crippen LogP contribution in [-0.4, -0.2) is 73.2 Å². The van der Waals surface area contributed by atoms with E-state index in [-0.39, 0.29) is 12.6 Å². The number of halogens is 1. The molecule has 1 aliphatic heterocycles. The lowest BCUT2D eigenvalue weighted by Crippen LogP contribution is -2.46. The van der Waals surface area contributed by atoms with E-state index < -0.39 is 41.5 Å². The Hall–Kier alpha value is -3.36. The second-order valence-corrected chi connectivity index (χ2v) is 12.4. The van der Waals surface area contributed by atoms with Gasteiger partial charge in [0.2, 0.25) is 0 Å². The number of likely N-dealkylation sites (N-methyl/N-ethyl adjacent to an activating group) is 1. The fourth-order valence-corrected chi connectivity index (χ4v) is 7.58. The molecule has 3 aromatic heterocycles. The molecule has 4 heterocycles. The van der Waals surface area contributed by atoms with E-state index in [0.29, 0.717) is 70.7 Å². The van der Waals surface area contributed by atoms with Crippen LogP contribution in [0.1, 0.15) is 55.4 Å². The molecule has 2 N–H and O–H groups in total. The maximum absolute atomic E-state index is 14.7. The number of aliphatic hydroxyl groups excluding tert-OH is 2. The Bertz CT molecular complexity index is 1730. The van der Waals surface area contributed by atoms with Crippen molar-refractivity contribution in [2.75, 3.05) is 20.7 Å². The van der Waals surface area contributed by atoms with Gasteiger partial charge in [0.15, 0.2) is 0 Å². The van der Waals surface area contributed by atoms with Crippen molar-refractivity contribution in [1.29, 1.82) is 0 Å². The molecule has 11 nitrogen and oxygen atoms in total. The molecule has 1 saturated heterocycles. The van der Waals surface area contributed by atoms with E-state index in [9.17, 15) is 24.2 Å². The van der Waals surface area contributed by atoms with Gasteiger partial charge in [-0.1, -0.05) is 11.3 Å². The summed E-state index contributed by atoms with van der Waals surface area (Å²) in [6.07, 6.45) is 3.78. The van der Waals surface area contributed by atoms with E-state index in [4.69, 9.17) is 9.47 Å². The molecule has 1 aromatic carbocycles. The number of hydrogen-bond donors (Lipinski definition) is 2. The summed E-state index contributed by atoms with van der Waals surface area (Å²) in [5.74, 6) is -0.0664. The molecule has 230 valence electrons. The number of likely N-dealkylation sites (tertiary alicyclic amines) is 1. The zero-order chi connectivity index (χ0) is 30.4. The maximum Gasteiger partial charge on any atom is 0.332 e. The highest BCUT2D eigenvalue weighted by Gasteiger charge is 2.36. The summed E-state index contributed by atoms with van der Waals surface area (Å²) in [5, 5.41) is 26.4. The Morgan fingerprint density at radius 3 is 2.58 bits per heavy atom. The van der Waals surface area contributed by atoms with Gasteiger partial charge in [0.25, 0.3) is 5.56 Å². The molecular formula is C30H36FN5O6S. The van der Waals surface area contributed by atoms with Crippen molar-refractivity contribution in [2.45, 2.75) is 76.2 Å². The predicted molar refractivity (Wildman–Crippen MR) is 160 cm³/mol. The first-order valence-corrected chi connectivity index (χ1v) is 15.3. The van der Waals surface area contributed by atoms with Gasteiger partial charge >= 0.3 is 5.69 Å². The third-order valence-electron chi connectivity index (χ3n) is 8.72. The number of aliphatic hydroxyl groups is 2. The Balaban J connectivity index is 1.55. The van der Waals surface area contributed by atoms with Crippen LogP contribution in [0.15, 0.2) is 46.2 Å². The average molecular weight is 614 g/mol. The van der Waals surface area contributed by atoms with Crippen molar-refractivity contribution in [1.82, 2.24) is 23.8 Å². The van der Waals surface area contributed by atoms with Gasteiger partial charge in [-0.2, -0.15) is 5.10 Å². The van der Waals surface area contributed by atoms with Gasteiger partial charge < -0.3 is 19.7 Å². The normalized spacial score (nSPS) is 23.7.